The second-order valence-corrected chi connectivity index (χ2v) is 5.35. The smallest absolute Gasteiger partial charge is 0.148 e. The maximum Gasteiger partial charge on any atom is 0.148 e. The van der Waals surface area contributed by atoms with E-state index in [-0.39, 0.29) is 0 Å². The SMILES string of the molecule is CNc1cc(COc2c(Br)cccc2Br)ccn1. The molecule has 1 heterocycles. The monoisotopic (exact) mass is 370 g/mol. The molecule has 1 N–H and O–H groups in total. The van der Waals surface area contributed by atoms with Crippen molar-refractivity contribution in [3.63, 3.8) is 0 Å². The van der Waals surface area contributed by atoms with Crippen LogP contribution >= 0.6 is 31.9 Å². The van der Waals surface area contributed by atoms with Gasteiger partial charge in [0.2, 0.25) is 0 Å². The molecule has 1 aromatic carbocycles. The first kappa shape index (κ1) is 13.4. The van der Waals surface area contributed by atoms with Crippen LogP contribution in [0, 0.1) is 0 Å². The number of anilines is 1. The predicted octanol–water partition coefficient (Wildman–Crippen LogP) is 4.23. The molecule has 0 fully saturated rings. The molecule has 18 heavy (non-hydrogen) atoms. The molecule has 0 unspecified atom stereocenters. The van der Waals surface area contributed by atoms with Crippen molar-refractivity contribution >= 4 is 37.7 Å². The molecule has 0 aliphatic rings. The van der Waals surface area contributed by atoms with Gasteiger partial charge in [-0.3, -0.25) is 0 Å². The third-order valence-corrected chi connectivity index (χ3v) is 3.63. The summed E-state index contributed by atoms with van der Waals surface area (Å²) in [4.78, 5) is 4.16. The van der Waals surface area contributed by atoms with E-state index in [0.29, 0.717) is 6.61 Å². The average molecular weight is 372 g/mol. The first-order valence-electron chi connectivity index (χ1n) is 5.40. The van der Waals surface area contributed by atoms with Gasteiger partial charge in [-0.25, -0.2) is 4.98 Å². The summed E-state index contributed by atoms with van der Waals surface area (Å²) in [5, 5.41) is 3.00. The zero-order valence-electron chi connectivity index (χ0n) is 9.78. The number of nitrogens with one attached hydrogen (secondary N) is 1. The highest BCUT2D eigenvalue weighted by Gasteiger charge is 2.06. The molecule has 94 valence electrons. The number of aromatic nitrogens is 1. The zero-order valence-corrected chi connectivity index (χ0v) is 13.0. The van der Waals surface area contributed by atoms with Crippen LogP contribution in [0.1, 0.15) is 5.56 Å². The molecule has 0 aliphatic carbocycles. The number of hydrogen-bond acceptors (Lipinski definition) is 3. The maximum atomic E-state index is 5.80. The van der Waals surface area contributed by atoms with Crippen molar-refractivity contribution in [2.75, 3.05) is 12.4 Å². The first-order chi connectivity index (χ1) is 8.70. The maximum absolute atomic E-state index is 5.80. The molecule has 0 spiro atoms. The van der Waals surface area contributed by atoms with Crippen LogP contribution in [0.15, 0.2) is 45.5 Å². The number of nitrogens with zero attached hydrogens (tertiary/aromatic N) is 1. The fraction of sp³-hybridized carbons (Fsp3) is 0.154. The third-order valence-electron chi connectivity index (χ3n) is 2.38. The van der Waals surface area contributed by atoms with Crippen LogP contribution in [0.4, 0.5) is 5.82 Å². The van der Waals surface area contributed by atoms with Crippen LogP contribution in [-0.2, 0) is 6.61 Å². The molecule has 0 saturated carbocycles. The molecule has 0 atom stereocenters. The van der Waals surface area contributed by atoms with Gasteiger partial charge in [0.15, 0.2) is 0 Å². The van der Waals surface area contributed by atoms with Crippen LogP contribution in [0.3, 0.4) is 0 Å². The molecule has 5 heteroatoms. The van der Waals surface area contributed by atoms with E-state index in [2.05, 4.69) is 42.2 Å². The van der Waals surface area contributed by atoms with Gasteiger partial charge in [0.1, 0.15) is 18.2 Å². The molecule has 2 aromatic rings. The average Bonchev–Trinajstić information content (AvgIpc) is 2.38. The minimum atomic E-state index is 0.498. The lowest BCUT2D eigenvalue weighted by Crippen LogP contribution is -1.99. The number of ether oxygens (including phenoxy) is 1. The summed E-state index contributed by atoms with van der Waals surface area (Å²) in [7, 11) is 1.84. The highest BCUT2D eigenvalue weighted by molar-refractivity contribution is 9.11. The first-order valence-corrected chi connectivity index (χ1v) is 6.99. The van der Waals surface area contributed by atoms with Crippen LogP contribution in [-0.4, -0.2) is 12.0 Å². The summed E-state index contributed by atoms with van der Waals surface area (Å²) < 4.78 is 7.66. The topological polar surface area (TPSA) is 34.1 Å². The molecular formula is C13H12Br2N2O. The van der Waals surface area contributed by atoms with E-state index >= 15 is 0 Å². The molecule has 0 bridgehead atoms. The van der Waals surface area contributed by atoms with Gasteiger partial charge in [0.25, 0.3) is 0 Å². The fourth-order valence-electron chi connectivity index (χ4n) is 1.48. The van der Waals surface area contributed by atoms with Crippen molar-refractivity contribution in [3.8, 4) is 5.75 Å². The minimum Gasteiger partial charge on any atom is -0.487 e. The van der Waals surface area contributed by atoms with Crippen molar-refractivity contribution in [1.29, 1.82) is 0 Å². The summed E-state index contributed by atoms with van der Waals surface area (Å²) in [6.07, 6.45) is 1.76. The Kier molecular flexibility index (Phi) is 4.60. The van der Waals surface area contributed by atoms with Crippen molar-refractivity contribution in [1.82, 2.24) is 4.98 Å². The number of para-hydroxylation sites is 1. The van der Waals surface area contributed by atoms with Crippen molar-refractivity contribution in [3.05, 3.63) is 51.0 Å². The molecule has 0 aliphatic heterocycles. The second kappa shape index (κ2) is 6.20. The summed E-state index contributed by atoms with van der Waals surface area (Å²) in [6.45, 7) is 0.498. The second-order valence-electron chi connectivity index (χ2n) is 3.64. The summed E-state index contributed by atoms with van der Waals surface area (Å²) in [5.41, 5.74) is 1.07. The predicted molar refractivity (Wildman–Crippen MR) is 80.0 cm³/mol. The van der Waals surface area contributed by atoms with Crippen LogP contribution < -0.4 is 10.1 Å². The van der Waals surface area contributed by atoms with Crippen LogP contribution in [0.5, 0.6) is 5.75 Å². The highest BCUT2D eigenvalue weighted by Crippen LogP contribution is 2.33. The van der Waals surface area contributed by atoms with Crippen molar-refractivity contribution in [2.24, 2.45) is 0 Å². The van der Waals surface area contributed by atoms with Gasteiger partial charge in [-0.15, -0.1) is 0 Å². The summed E-state index contributed by atoms with van der Waals surface area (Å²) in [5.74, 6) is 1.64. The quantitative estimate of drug-likeness (QED) is 0.873. The standard InChI is InChI=1S/C13H12Br2N2O/c1-16-12-7-9(5-6-17-12)8-18-13-10(14)3-2-4-11(13)15/h2-7H,8H2,1H3,(H,16,17). The van der Waals surface area contributed by atoms with Crippen molar-refractivity contribution in [2.45, 2.75) is 6.61 Å². The lowest BCUT2D eigenvalue weighted by molar-refractivity contribution is 0.302. The van der Waals surface area contributed by atoms with E-state index in [4.69, 9.17) is 4.74 Å². The largest absolute Gasteiger partial charge is 0.487 e. The molecule has 1 aromatic heterocycles. The third kappa shape index (κ3) is 3.23. The Morgan fingerprint density at radius 2 is 1.94 bits per heavy atom. The van der Waals surface area contributed by atoms with E-state index in [1.807, 2.05) is 37.4 Å². The van der Waals surface area contributed by atoms with Crippen molar-refractivity contribution < 1.29 is 4.74 Å². The Bertz CT molecular complexity index is 526. The number of benzene rings is 1. The van der Waals surface area contributed by atoms with Gasteiger partial charge in [-0.1, -0.05) is 6.07 Å². The van der Waals surface area contributed by atoms with Crippen LogP contribution in [0.2, 0.25) is 0 Å². The van der Waals surface area contributed by atoms with E-state index < -0.39 is 0 Å². The summed E-state index contributed by atoms with van der Waals surface area (Å²) in [6, 6.07) is 9.75. The van der Waals surface area contributed by atoms with Gasteiger partial charge in [-0.2, -0.15) is 0 Å². The molecule has 0 amide bonds. The number of pyridine rings is 1. The molecular weight excluding hydrogens is 360 g/mol. The number of rotatable bonds is 4. The van der Waals surface area contributed by atoms with E-state index in [1.165, 1.54) is 0 Å². The Morgan fingerprint density at radius 3 is 2.61 bits per heavy atom. The summed E-state index contributed by atoms with van der Waals surface area (Å²) >= 11 is 6.94. The lowest BCUT2D eigenvalue weighted by Gasteiger charge is -2.10. The van der Waals surface area contributed by atoms with Gasteiger partial charge in [-0.05, 0) is 61.7 Å². The Balaban J connectivity index is 2.11. The molecule has 0 saturated heterocycles. The van der Waals surface area contributed by atoms with Gasteiger partial charge < -0.3 is 10.1 Å². The minimum absolute atomic E-state index is 0.498. The highest BCUT2D eigenvalue weighted by atomic mass is 79.9. The Labute approximate surface area is 123 Å². The fourth-order valence-corrected chi connectivity index (χ4v) is 2.70. The van der Waals surface area contributed by atoms with E-state index in [0.717, 1.165) is 26.1 Å². The van der Waals surface area contributed by atoms with Gasteiger partial charge in [0, 0.05) is 13.2 Å². The van der Waals surface area contributed by atoms with Gasteiger partial charge in [0.05, 0.1) is 8.95 Å². The van der Waals surface area contributed by atoms with Crippen LogP contribution in [0.25, 0.3) is 0 Å². The molecule has 2 rings (SSSR count). The zero-order chi connectivity index (χ0) is 13.0. The van der Waals surface area contributed by atoms with E-state index in [1.54, 1.807) is 6.20 Å². The normalized spacial score (nSPS) is 10.2. The molecule has 3 nitrogen and oxygen atoms in total. The van der Waals surface area contributed by atoms with Gasteiger partial charge >= 0.3 is 0 Å². The Morgan fingerprint density at radius 1 is 1.22 bits per heavy atom. The Hall–Kier alpha value is -1.07. The molecule has 0 radical (unpaired) electrons. The van der Waals surface area contributed by atoms with E-state index in [9.17, 15) is 0 Å². The number of hydrogen-bond donors (Lipinski definition) is 1. The number of halogens is 2. The lowest BCUT2D eigenvalue weighted by atomic mass is 10.3.